The minimum absolute atomic E-state index is 0.0974. The fourth-order valence-corrected chi connectivity index (χ4v) is 4.17. The largest absolute Gasteiger partial charge is 0.480 e. The van der Waals surface area contributed by atoms with Crippen molar-refractivity contribution >= 4 is 18.2 Å². The Labute approximate surface area is 206 Å². The molecule has 0 radical (unpaired) electrons. The first kappa shape index (κ1) is 26.1. The van der Waals surface area contributed by atoms with Gasteiger partial charge in [-0.25, -0.2) is 14.4 Å². The van der Waals surface area contributed by atoms with Crippen LogP contribution in [0, 0.1) is 0 Å². The molecular weight excluding hydrogens is 448 g/mol. The number of fused-ring (bicyclic) bond motifs is 3. The van der Waals surface area contributed by atoms with E-state index in [2.05, 4.69) is 17.4 Å². The van der Waals surface area contributed by atoms with Gasteiger partial charge in [-0.3, -0.25) is 0 Å². The molecule has 0 spiro atoms. The zero-order valence-electron chi connectivity index (χ0n) is 20.7. The Hall–Kier alpha value is -3.55. The molecule has 0 aromatic heterocycles. The number of aliphatic carboxylic acids is 1. The third-order valence-electron chi connectivity index (χ3n) is 5.88. The van der Waals surface area contributed by atoms with Crippen LogP contribution >= 0.6 is 0 Å². The third kappa shape index (κ3) is 6.97. The second-order valence-electron chi connectivity index (χ2n) is 9.76. The van der Waals surface area contributed by atoms with Gasteiger partial charge in [-0.1, -0.05) is 48.5 Å². The van der Waals surface area contributed by atoms with Gasteiger partial charge < -0.3 is 24.8 Å². The van der Waals surface area contributed by atoms with E-state index < -0.39 is 29.8 Å². The molecule has 0 saturated carbocycles. The smallest absolute Gasteiger partial charge is 0.410 e. The number of nitrogens with zero attached hydrogens (tertiary/aromatic N) is 1. The quantitative estimate of drug-likeness (QED) is 0.487. The highest BCUT2D eigenvalue weighted by atomic mass is 16.6. The van der Waals surface area contributed by atoms with Crippen LogP contribution in [0.1, 0.15) is 57.1 Å². The normalized spacial score (nSPS) is 13.4. The van der Waals surface area contributed by atoms with E-state index in [9.17, 15) is 19.5 Å². The van der Waals surface area contributed by atoms with Crippen molar-refractivity contribution in [3.8, 4) is 11.1 Å². The molecule has 0 fully saturated rings. The van der Waals surface area contributed by atoms with E-state index >= 15 is 0 Å². The van der Waals surface area contributed by atoms with Gasteiger partial charge in [-0.05, 0) is 62.3 Å². The van der Waals surface area contributed by atoms with Crippen molar-refractivity contribution < 1.29 is 29.0 Å². The Kier molecular flexibility index (Phi) is 8.38. The molecule has 2 aromatic carbocycles. The number of benzene rings is 2. The number of hydrogen-bond acceptors (Lipinski definition) is 5. The molecule has 0 saturated heterocycles. The molecule has 1 aliphatic carbocycles. The van der Waals surface area contributed by atoms with Crippen LogP contribution in [0.15, 0.2) is 48.5 Å². The number of carbonyl (C=O) groups excluding carboxylic acids is 2. The fourth-order valence-electron chi connectivity index (χ4n) is 4.17. The number of amides is 2. The second-order valence-corrected chi connectivity index (χ2v) is 9.76. The summed E-state index contributed by atoms with van der Waals surface area (Å²) < 4.78 is 10.8. The zero-order chi connectivity index (χ0) is 25.6. The zero-order valence-corrected chi connectivity index (χ0v) is 20.7. The lowest BCUT2D eigenvalue weighted by Crippen LogP contribution is -2.41. The molecular formula is C27H34N2O6. The van der Waals surface area contributed by atoms with Crippen molar-refractivity contribution in [1.82, 2.24) is 10.2 Å². The average molecular weight is 483 g/mol. The van der Waals surface area contributed by atoms with Crippen LogP contribution in [0.2, 0.25) is 0 Å². The molecule has 0 unspecified atom stereocenters. The molecule has 2 amide bonds. The van der Waals surface area contributed by atoms with Gasteiger partial charge in [0.05, 0.1) is 0 Å². The van der Waals surface area contributed by atoms with Crippen molar-refractivity contribution in [2.45, 2.75) is 57.6 Å². The Morgan fingerprint density at radius 1 is 1.00 bits per heavy atom. The van der Waals surface area contributed by atoms with Crippen LogP contribution in [0.5, 0.6) is 0 Å². The lowest BCUT2D eigenvalue weighted by atomic mass is 9.98. The van der Waals surface area contributed by atoms with Crippen LogP contribution in [0.4, 0.5) is 9.59 Å². The molecule has 8 heteroatoms. The third-order valence-corrected chi connectivity index (χ3v) is 5.88. The standard InChI is InChI=1S/C27H34N2O6/c1-27(2,3)35-26(33)29(4)16-10-9-15-23(24(30)31)28-25(32)34-17-22-20-13-7-5-11-18(20)19-12-6-8-14-21(19)22/h5-8,11-14,22-23H,9-10,15-17H2,1-4H3,(H,28,32)(H,30,31)/t23-/m0/s1. The van der Waals surface area contributed by atoms with Gasteiger partial charge in [0.1, 0.15) is 18.2 Å². The Morgan fingerprint density at radius 3 is 2.11 bits per heavy atom. The molecule has 0 heterocycles. The Bertz CT molecular complexity index is 1020. The molecule has 188 valence electrons. The highest BCUT2D eigenvalue weighted by Crippen LogP contribution is 2.44. The van der Waals surface area contributed by atoms with Gasteiger partial charge >= 0.3 is 18.2 Å². The van der Waals surface area contributed by atoms with Crippen molar-refractivity contribution in [1.29, 1.82) is 0 Å². The minimum atomic E-state index is -1.13. The summed E-state index contributed by atoms with van der Waals surface area (Å²) in [5.41, 5.74) is 3.84. The van der Waals surface area contributed by atoms with Crippen molar-refractivity contribution in [3.63, 3.8) is 0 Å². The average Bonchev–Trinajstić information content (AvgIpc) is 3.12. The minimum Gasteiger partial charge on any atom is -0.480 e. The van der Waals surface area contributed by atoms with Gasteiger partial charge in [0.15, 0.2) is 0 Å². The molecule has 0 aliphatic heterocycles. The van der Waals surface area contributed by atoms with Crippen molar-refractivity contribution in [3.05, 3.63) is 59.7 Å². The van der Waals surface area contributed by atoms with Crippen LogP contribution in [-0.4, -0.2) is 60.0 Å². The van der Waals surface area contributed by atoms with Crippen molar-refractivity contribution in [2.24, 2.45) is 0 Å². The number of hydrogen-bond donors (Lipinski definition) is 2. The maximum atomic E-state index is 12.4. The van der Waals surface area contributed by atoms with E-state index in [1.807, 2.05) is 36.4 Å². The topological polar surface area (TPSA) is 105 Å². The number of carbonyl (C=O) groups is 3. The second kappa shape index (κ2) is 11.3. The molecule has 1 aliphatic rings. The predicted molar refractivity (Wildman–Crippen MR) is 132 cm³/mol. The first-order valence-electron chi connectivity index (χ1n) is 11.8. The van der Waals surface area contributed by atoms with Gasteiger partial charge in [0.25, 0.3) is 0 Å². The molecule has 35 heavy (non-hydrogen) atoms. The molecule has 1 atom stereocenters. The number of carboxylic acids is 1. The van der Waals surface area contributed by atoms with Crippen LogP contribution in [-0.2, 0) is 14.3 Å². The number of nitrogens with one attached hydrogen (secondary N) is 1. The summed E-state index contributed by atoms with van der Waals surface area (Å²) in [6, 6.07) is 15.0. The summed E-state index contributed by atoms with van der Waals surface area (Å²) in [6.45, 7) is 5.93. The van der Waals surface area contributed by atoms with Crippen LogP contribution < -0.4 is 5.32 Å². The number of alkyl carbamates (subject to hydrolysis) is 1. The van der Waals surface area contributed by atoms with Gasteiger partial charge in [-0.2, -0.15) is 0 Å². The van der Waals surface area contributed by atoms with Crippen LogP contribution in [0.25, 0.3) is 11.1 Å². The van der Waals surface area contributed by atoms with Crippen molar-refractivity contribution in [2.75, 3.05) is 20.2 Å². The molecule has 2 N–H and O–H groups in total. The highest BCUT2D eigenvalue weighted by Gasteiger charge is 2.29. The maximum absolute atomic E-state index is 12.4. The molecule has 0 bridgehead atoms. The lowest BCUT2D eigenvalue weighted by Gasteiger charge is -2.24. The Balaban J connectivity index is 1.48. The van der Waals surface area contributed by atoms with E-state index in [-0.39, 0.29) is 18.9 Å². The van der Waals surface area contributed by atoms with Gasteiger partial charge in [0.2, 0.25) is 0 Å². The van der Waals surface area contributed by atoms with E-state index in [1.54, 1.807) is 27.8 Å². The monoisotopic (exact) mass is 482 g/mol. The molecule has 2 aromatic rings. The van der Waals surface area contributed by atoms with E-state index in [0.717, 1.165) is 22.3 Å². The van der Waals surface area contributed by atoms with Crippen LogP contribution in [0.3, 0.4) is 0 Å². The Morgan fingerprint density at radius 2 is 1.57 bits per heavy atom. The fraction of sp³-hybridized carbons (Fsp3) is 0.444. The number of ether oxygens (including phenoxy) is 2. The molecule has 8 nitrogen and oxygen atoms in total. The summed E-state index contributed by atoms with van der Waals surface area (Å²) in [6.07, 6.45) is 0.121. The summed E-state index contributed by atoms with van der Waals surface area (Å²) in [4.78, 5) is 37.6. The molecule has 3 rings (SSSR count). The first-order valence-corrected chi connectivity index (χ1v) is 11.8. The number of carboxylic acid groups (broad SMARTS) is 1. The summed E-state index contributed by atoms with van der Waals surface area (Å²) in [5.74, 6) is -1.22. The first-order chi connectivity index (χ1) is 16.6. The van der Waals surface area contributed by atoms with E-state index in [4.69, 9.17) is 9.47 Å². The number of rotatable bonds is 9. The summed E-state index contributed by atoms with van der Waals surface area (Å²) in [5, 5.41) is 12.0. The van der Waals surface area contributed by atoms with E-state index in [0.29, 0.717) is 19.4 Å². The van der Waals surface area contributed by atoms with Gasteiger partial charge in [-0.15, -0.1) is 0 Å². The van der Waals surface area contributed by atoms with Gasteiger partial charge in [0, 0.05) is 19.5 Å². The maximum Gasteiger partial charge on any atom is 0.410 e. The lowest BCUT2D eigenvalue weighted by molar-refractivity contribution is -0.139. The highest BCUT2D eigenvalue weighted by molar-refractivity contribution is 5.81. The van der Waals surface area contributed by atoms with E-state index in [1.165, 1.54) is 4.90 Å². The number of unbranched alkanes of at least 4 members (excludes halogenated alkanes) is 1. The predicted octanol–water partition coefficient (Wildman–Crippen LogP) is 5.02. The summed E-state index contributed by atoms with van der Waals surface area (Å²) >= 11 is 0. The summed E-state index contributed by atoms with van der Waals surface area (Å²) in [7, 11) is 1.64. The SMILES string of the molecule is CN(CCCC[C@H](NC(=O)OCC1c2ccccc2-c2ccccc21)C(=O)O)C(=O)OC(C)(C)C.